The van der Waals surface area contributed by atoms with E-state index in [-0.39, 0.29) is 28.2 Å². The van der Waals surface area contributed by atoms with E-state index in [1.165, 1.54) is 12.1 Å². The summed E-state index contributed by atoms with van der Waals surface area (Å²) in [5.41, 5.74) is 1.26. The monoisotopic (exact) mass is 359 g/mol. The predicted octanol–water partition coefficient (Wildman–Crippen LogP) is 4.14. The van der Waals surface area contributed by atoms with Crippen molar-refractivity contribution < 1.29 is 14.0 Å². The summed E-state index contributed by atoms with van der Waals surface area (Å²) in [5, 5.41) is 0.0998. The Kier molecular flexibility index (Phi) is 5.49. The average Bonchev–Trinajstić information content (AvgIpc) is 2.62. The number of carbonyl (C=O) groups is 2. The van der Waals surface area contributed by atoms with Crippen LogP contribution in [-0.2, 0) is 11.2 Å². The first kappa shape index (κ1) is 17.6. The number of rotatable bonds is 4. The number of halogens is 2. The fraction of sp³-hybridized carbons (Fsp3) is 0.300. The maximum Gasteiger partial charge on any atom is 0.255 e. The molecular weight excluding hydrogens is 341 g/mol. The topological polar surface area (TPSA) is 37.4 Å². The minimum atomic E-state index is -0.476. The molecule has 3 nitrogen and oxygen atoms in total. The first-order valence-corrected chi connectivity index (χ1v) is 8.73. The summed E-state index contributed by atoms with van der Waals surface area (Å²) < 4.78 is 13.2. The number of ketones is 1. The van der Waals surface area contributed by atoms with E-state index in [0.717, 1.165) is 24.5 Å². The second-order valence-electron chi connectivity index (χ2n) is 6.34. The SMILES string of the molecule is O=C(Cc1ccccc1)[C@H]1CCCN(C(=O)c2ccc(F)cc2Cl)C1. The van der Waals surface area contributed by atoms with E-state index in [9.17, 15) is 14.0 Å². The van der Waals surface area contributed by atoms with E-state index in [1.807, 2.05) is 30.3 Å². The molecule has 0 N–H and O–H groups in total. The van der Waals surface area contributed by atoms with E-state index in [4.69, 9.17) is 11.6 Å². The Morgan fingerprint density at radius 3 is 2.64 bits per heavy atom. The van der Waals surface area contributed by atoms with Crippen molar-refractivity contribution in [3.8, 4) is 0 Å². The lowest BCUT2D eigenvalue weighted by Crippen LogP contribution is -2.42. The van der Waals surface area contributed by atoms with Gasteiger partial charge in [0.2, 0.25) is 0 Å². The highest BCUT2D eigenvalue weighted by atomic mass is 35.5. The van der Waals surface area contributed by atoms with Crippen molar-refractivity contribution in [2.75, 3.05) is 13.1 Å². The minimum Gasteiger partial charge on any atom is -0.338 e. The summed E-state index contributed by atoms with van der Waals surface area (Å²) >= 11 is 6.00. The van der Waals surface area contributed by atoms with Crippen LogP contribution in [0.4, 0.5) is 4.39 Å². The molecule has 25 heavy (non-hydrogen) atoms. The molecule has 0 radical (unpaired) electrons. The van der Waals surface area contributed by atoms with Crippen LogP contribution in [0.3, 0.4) is 0 Å². The number of benzene rings is 2. The van der Waals surface area contributed by atoms with Gasteiger partial charge >= 0.3 is 0 Å². The zero-order valence-corrected chi connectivity index (χ0v) is 14.5. The molecule has 2 aromatic rings. The van der Waals surface area contributed by atoms with Crippen molar-refractivity contribution in [2.45, 2.75) is 19.3 Å². The van der Waals surface area contributed by atoms with Crippen LogP contribution in [0.5, 0.6) is 0 Å². The third-order valence-corrected chi connectivity index (χ3v) is 4.86. The lowest BCUT2D eigenvalue weighted by Gasteiger charge is -2.32. The molecule has 0 aliphatic carbocycles. The van der Waals surface area contributed by atoms with Gasteiger partial charge in [-0.15, -0.1) is 0 Å². The Bertz CT molecular complexity index is 779. The van der Waals surface area contributed by atoms with Gasteiger partial charge in [-0.2, -0.15) is 0 Å². The van der Waals surface area contributed by atoms with Gasteiger partial charge in [-0.05, 0) is 36.6 Å². The molecule has 0 spiro atoms. The molecule has 1 atom stereocenters. The third-order valence-electron chi connectivity index (χ3n) is 4.55. The van der Waals surface area contributed by atoms with Gasteiger partial charge in [0.25, 0.3) is 5.91 Å². The Balaban J connectivity index is 1.68. The summed E-state index contributed by atoms with van der Waals surface area (Å²) in [4.78, 5) is 26.9. The second kappa shape index (κ2) is 7.79. The number of likely N-dealkylation sites (tertiary alicyclic amines) is 1. The van der Waals surface area contributed by atoms with Crippen LogP contribution < -0.4 is 0 Å². The number of piperidine rings is 1. The predicted molar refractivity (Wildman–Crippen MR) is 95.2 cm³/mol. The molecule has 0 aromatic heterocycles. The van der Waals surface area contributed by atoms with Crippen LogP contribution in [0.25, 0.3) is 0 Å². The summed E-state index contributed by atoms with van der Waals surface area (Å²) in [6.45, 7) is 0.972. The van der Waals surface area contributed by atoms with Gasteiger partial charge in [-0.1, -0.05) is 41.9 Å². The normalized spacial score (nSPS) is 17.4. The molecule has 1 saturated heterocycles. The Morgan fingerprint density at radius 2 is 1.92 bits per heavy atom. The zero-order valence-electron chi connectivity index (χ0n) is 13.8. The highest BCUT2D eigenvalue weighted by Gasteiger charge is 2.29. The lowest BCUT2D eigenvalue weighted by molar-refractivity contribution is -0.123. The Morgan fingerprint density at radius 1 is 1.16 bits per heavy atom. The largest absolute Gasteiger partial charge is 0.338 e. The van der Waals surface area contributed by atoms with E-state index < -0.39 is 5.82 Å². The molecule has 1 amide bonds. The maximum atomic E-state index is 13.2. The van der Waals surface area contributed by atoms with Gasteiger partial charge in [-0.25, -0.2) is 4.39 Å². The summed E-state index contributed by atoms with van der Waals surface area (Å²) in [5.74, 6) is -0.746. The van der Waals surface area contributed by atoms with E-state index in [1.54, 1.807) is 4.90 Å². The van der Waals surface area contributed by atoms with Gasteiger partial charge in [0.15, 0.2) is 0 Å². The summed E-state index contributed by atoms with van der Waals surface area (Å²) in [6.07, 6.45) is 1.94. The van der Waals surface area contributed by atoms with Crippen LogP contribution in [0, 0.1) is 11.7 Å². The highest BCUT2D eigenvalue weighted by molar-refractivity contribution is 6.33. The lowest BCUT2D eigenvalue weighted by atomic mass is 9.90. The number of amides is 1. The molecule has 0 saturated carbocycles. The average molecular weight is 360 g/mol. The number of Topliss-reactive ketones (excluding diaryl/α,β-unsaturated/α-hetero) is 1. The van der Waals surface area contributed by atoms with Crippen LogP contribution in [0.15, 0.2) is 48.5 Å². The molecular formula is C20H19ClFNO2. The highest BCUT2D eigenvalue weighted by Crippen LogP contribution is 2.24. The molecule has 0 unspecified atom stereocenters. The number of hydrogen-bond acceptors (Lipinski definition) is 2. The van der Waals surface area contributed by atoms with Crippen molar-refractivity contribution in [1.29, 1.82) is 0 Å². The van der Waals surface area contributed by atoms with Crippen molar-refractivity contribution in [2.24, 2.45) is 5.92 Å². The van der Waals surface area contributed by atoms with Gasteiger partial charge < -0.3 is 4.90 Å². The summed E-state index contributed by atoms with van der Waals surface area (Å²) in [7, 11) is 0. The van der Waals surface area contributed by atoms with Crippen molar-refractivity contribution in [3.05, 3.63) is 70.5 Å². The van der Waals surface area contributed by atoms with Gasteiger partial charge in [0.1, 0.15) is 11.6 Å². The smallest absolute Gasteiger partial charge is 0.255 e. The molecule has 2 aromatic carbocycles. The Labute approximate surface area is 151 Å². The van der Waals surface area contributed by atoms with Crippen molar-refractivity contribution in [1.82, 2.24) is 4.90 Å². The van der Waals surface area contributed by atoms with E-state index in [2.05, 4.69) is 0 Å². The first-order chi connectivity index (χ1) is 12.0. The van der Waals surface area contributed by atoms with E-state index in [0.29, 0.717) is 19.5 Å². The standard InChI is InChI=1S/C20H19ClFNO2/c21-18-12-16(22)8-9-17(18)20(25)23-10-4-7-15(13-23)19(24)11-14-5-2-1-3-6-14/h1-3,5-6,8-9,12,15H,4,7,10-11,13H2/t15-/m0/s1. The first-order valence-electron chi connectivity index (χ1n) is 8.35. The number of hydrogen-bond donors (Lipinski definition) is 0. The van der Waals surface area contributed by atoms with Gasteiger partial charge in [0, 0.05) is 25.4 Å². The Hall–Kier alpha value is -2.20. The third kappa shape index (κ3) is 4.26. The minimum absolute atomic E-state index is 0.0998. The fourth-order valence-corrected chi connectivity index (χ4v) is 3.45. The molecule has 1 heterocycles. The molecule has 1 aliphatic heterocycles. The molecule has 0 bridgehead atoms. The van der Waals surface area contributed by atoms with Crippen LogP contribution in [0.1, 0.15) is 28.8 Å². The quantitative estimate of drug-likeness (QED) is 0.822. The molecule has 1 aliphatic rings. The molecule has 5 heteroatoms. The second-order valence-corrected chi connectivity index (χ2v) is 6.75. The maximum absolute atomic E-state index is 13.2. The molecule has 3 rings (SSSR count). The summed E-state index contributed by atoms with van der Waals surface area (Å²) in [6, 6.07) is 13.4. The number of nitrogens with zero attached hydrogens (tertiary/aromatic N) is 1. The van der Waals surface area contributed by atoms with Crippen molar-refractivity contribution in [3.63, 3.8) is 0 Å². The molecule has 130 valence electrons. The number of carbonyl (C=O) groups excluding carboxylic acids is 2. The van der Waals surface area contributed by atoms with Gasteiger partial charge in [-0.3, -0.25) is 9.59 Å². The fourth-order valence-electron chi connectivity index (χ4n) is 3.20. The van der Waals surface area contributed by atoms with Crippen LogP contribution in [-0.4, -0.2) is 29.7 Å². The van der Waals surface area contributed by atoms with Crippen LogP contribution >= 0.6 is 11.6 Å². The van der Waals surface area contributed by atoms with E-state index >= 15 is 0 Å². The van der Waals surface area contributed by atoms with Crippen LogP contribution in [0.2, 0.25) is 5.02 Å². The van der Waals surface area contributed by atoms with Crippen molar-refractivity contribution >= 4 is 23.3 Å². The molecule has 1 fully saturated rings. The van der Waals surface area contributed by atoms with Gasteiger partial charge in [0.05, 0.1) is 10.6 Å². The zero-order chi connectivity index (χ0) is 17.8.